The van der Waals surface area contributed by atoms with Gasteiger partial charge in [-0.2, -0.15) is 0 Å². The van der Waals surface area contributed by atoms with Crippen molar-refractivity contribution in [3.8, 4) is 0 Å². The molecule has 0 radical (unpaired) electrons. The number of Topliss-reactive ketones (excluding diaryl/α,β-unsaturated/α-hetero) is 1. The third-order valence-corrected chi connectivity index (χ3v) is 4.59. The van der Waals surface area contributed by atoms with Crippen molar-refractivity contribution in [2.24, 2.45) is 0 Å². The predicted octanol–water partition coefficient (Wildman–Crippen LogP) is 3.96. The molecule has 0 spiro atoms. The maximum atomic E-state index is 12.6. The number of carbonyl (C=O) groups excluding carboxylic acids is 3. The quantitative estimate of drug-likeness (QED) is 0.434. The number of ether oxygens (including phenoxy) is 1. The van der Waals surface area contributed by atoms with Gasteiger partial charge in [-0.3, -0.25) is 14.4 Å². The van der Waals surface area contributed by atoms with Crippen molar-refractivity contribution in [1.82, 2.24) is 10.3 Å². The van der Waals surface area contributed by atoms with Gasteiger partial charge in [-0.05, 0) is 29.8 Å². The van der Waals surface area contributed by atoms with E-state index in [1.807, 2.05) is 18.2 Å². The van der Waals surface area contributed by atoms with Gasteiger partial charge in [-0.1, -0.05) is 54.1 Å². The number of carbonyl (C=O) groups is 3. The van der Waals surface area contributed by atoms with Crippen LogP contribution in [0.25, 0.3) is 0 Å². The number of aromatic nitrogens is 1. The second-order valence-corrected chi connectivity index (χ2v) is 6.70. The Hall–Kier alpha value is -3.38. The van der Waals surface area contributed by atoms with Gasteiger partial charge >= 0.3 is 5.97 Å². The summed E-state index contributed by atoms with van der Waals surface area (Å²) in [6, 6.07) is 18.4. The molecule has 0 aliphatic rings. The lowest BCUT2D eigenvalue weighted by Crippen LogP contribution is -2.31. The molecule has 0 saturated heterocycles. The van der Waals surface area contributed by atoms with Crippen molar-refractivity contribution < 1.29 is 19.1 Å². The van der Waals surface area contributed by atoms with Gasteiger partial charge in [0.15, 0.2) is 6.61 Å². The molecule has 1 atom stereocenters. The minimum atomic E-state index is -0.631. The number of rotatable bonds is 8. The summed E-state index contributed by atoms with van der Waals surface area (Å²) in [6.45, 7) is -0.376. The van der Waals surface area contributed by atoms with Crippen LogP contribution in [0, 0.1) is 0 Å². The lowest BCUT2D eigenvalue weighted by Gasteiger charge is -2.19. The van der Waals surface area contributed by atoms with Crippen LogP contribution in [0.2, 0.25) is 5.02 Å². The fourth-order valence-corrected chi connectivity index (χ4v) is 2.99. The highest BCUT2D eigenvalue weighted by molar-refractivity contribution is 6.33. The molecule has 2 aromatic carbocycles. The standard InChI is InChI=1S/C22H19ClN2O4/c23-17-10-5-4-9-16(17)22(28)25-19(15-7-2-1-3-8-15)13-21(27)29-14-20(26)18-11-6-12-24-18/h1-12,19,24H,13-14H2,(H,25,28). The van der Waals surface area contributed by atoms with Gasteiger partial charge in [0.05, 0.1) is 28.7 Å². The summed E-state index contributed by atoms with van der Waals surface area (Å²) >= 11 is 6.09. The molecule has 0 fully saturated rings. The normalized spacial score (nSPS) is 11.5. The average Bonchev–Trinajstić information content (AvgIpc) is 3.27. The van der Waals surface area contributed by atoms with E-state index in [-0.39, 0.29) is 18.8 Å². The van der Waals surface area contributed by atoms with Crippen LogP contribution in [-0.4, -0.2) is 29.3 Å². The number of amides is 1. The van der Waals surface area contributed by atoms with E-state index >= 15 is 0 Å². The fourth-order valence-electron chi connectivity index (χ4n) is 2.77. The lowest BCUT2D eigenvalue weighted by atomic mass is 10.0. The zero-order valence-corrected chi connectivity index (χ0v) is 16.2. The van der Waals surface area contributed by atoms with Gasteiger partial charge in [0.25, 0.3) is 5.91 Å². The number of esters is 1. The van der Waals surface area contributed by atoms with E-state index < -0.39 is 17.9 Å². The summed E-state index contributed by atoms with van der Waals surface area (Å²) in [5.41, 5.74) is 1.41. The Morgan fingerprint density at radius 2 is 1.69 bits per heavy atom. The van der Waals surface area contributed by atoms with Crippen molar-refractivity contribution in [1.29, 1.82) is 0 Å². The first-order chi connectivity index (χ1) is 14.0. The zero-order chi connectivity index (χ0) is 20.6. The van der Waals surface area contributed by atoms with Crippen molar-refractivity contribution in [2.75, 3.05) is 6.61 Å². The molecular formula is C22H19ClN2O4. The molecule has 0 aliphatic carbocycles. The molecule has 1 heterocycles. The van der Waals surface area contributed by atoms with Gasteiger partial charge in [0.2, 0.25) is 5.78 Å². The van der Waals surface area contributed by atoms with E-state index in [2.05, 4.69) is 10.3 Å². The summed E-state index contributed by atoms with van der Waals surface area (Å²) < 4.78 is 5.10. The smallest absolute Gasteiger partial charge is 0.308 e. The Labute approximate surface area is 172 Å². The number of hydrogen-bond donors (Lipinski definition) is 2. The highest BCUT2D eigenvalue weighted by atomic mass is 35.5. The van der Waals surface area contributed by atoms with Crippen LogP contribution >= 0.6 is 11.6 Å². The lowest BCUT2D eigenvalue weighted by molar-refractivity contribution is -0.143. The molecule has 2 N–H and O–H groups in total. The number of aromatic amines is 1. The number of hydrogen-bond acceptors (Lipinski definition) is 4. The van der Waals surface area contributed by atoms with E-state index in [0.717, 1.165) is 5.56 Å². The summed E-state index contributed by atoms with van der Waals surface area (Å²) in [5.74, 6) is -1.34. The number of benzene rings is 2. The first kappa shape index (κ1) is 20.4. The molecule has 0 aliphatic heterocycles. The number of halogens is 1. The topological polar surface area (TPSA) is 88.3 Å². The van der Waals surface area contributed by atoms with Crippen molar-refractivity contribution in [3.63, 3.8) is 0 Å². The van der Waals surface area contributed by atoms with Crippen LogP contribution < -0.4 is 5.32 Å². The molecular weight excluding hydrogens is 392 g/mol. The summed E-state index contributed by atoms with van der Waals surface area (Å²) in [6.07, 6.45) is 1.49. The molecule has 1 aromatic heterocycles. The Morgan fingerprint density at radius 3 is 2.38 bits per heavy atom. The van der Waals surface area contributed by atoms with Gasteiger partial charge in [-0.15, -0.1) is 0 Å². The predicted molar refractivity (Wildman–Crippen MR) is 109 cm³/mol. The van der Waals surface area contributed by atoms with Crippen molar-refractivity contribution in [3.05, 3.63) is 94.8 Å². The highest BCUT2D eigenvalue weighted by Crippen LogP contribution is 2.20. The Balaban J connectivity index is 1.67. The van der Waals surface area contributed by atoms with E-state index in [0.29, 0.717) is 16.3 Å². The average molecular weight is 411 g/mol. The van der Waals surface area contributed by atoms with Crippen LogP contribution in [-0.2, 0) is 9.53 Å². The molecule has 7 heteroatoms. The first-order valence-corrected chi connectivity index (χ1v) is 9.35. The Morgan fingerprint density at radius 1 is 0.966 bits per heavy atom. The summed E-state index contributed by atoms with van der Waals surface area (Å²) in [4.78, 5) is 39.7. The molecule has 29 heavy (non-hydrogen) atoms. The van der Waals surface area contributed by atoms with E-state index in [1.54, 1.807) is 54.7 Å². The summed E-state index contributed by atoms with van der Waals surface area (Å²) in [5, 5.41) is 3.14. The number of H-pyrrole nitrogens is 1. The Bertz CT molecular complexity index is 987. The molecule has 0 saturated carbocycles. The van der Waals surface area contributed by atoms with E-state index in [9.17, 15) is 14.4 Å². The molecule has 0 bridgehead atoms. The minimum absolute atomic E-state index is 0.127. The van der Waals surface area contributed by atoms with Gasteiger partial charge in [-0.25, -0.2) is 0 Å². The third kappa shape index (κ3) is 5.56. The molecule has 1 unspecified atom stereocenters. The molecule has 3 aromatic rings. The molecule has 3 rings (SSSR count). The van der Waals surface area contributed by atoms with Gasteiger partial charge in [0.1, 0.15) is 0 Å². The van der Waals surface area contributed by atoms with Crippen molar-refractivity contribution >= 4 is 29.3 Å². The van der Waals surface area contributed by atoms with Crippen LogP contribution in [0.5, 0.6) is 0 Å². The SMILES string of the molecule is O=C(CC(NC(=O)c1ccccc1Cl)c1ccccc1)OCC(=O)c1ccc[nH]1. The van der Waals surface area contributed by atoms with Crippen LogP contribution in [0.15, 0.2) is 72.9 Å². The largest absolute Gasteiger partial charge is 0.457 e. The first-order valence-electron chi connectivity index (χ1n) is 8.97. The fraction of sp³-hybridized carbons (Fsp3) is 0.136. The Kier molecular flexibility index (Phi) is 6.81. The van der Waals surface area contributed by atoms with Crippen molar-refractivity contribution in [2.45, 2.75) is 12.5 Å². The van der Waals surface area contributed by atoms with Crippen LogP contribution in [0.4, 0.5) is 0 Å². The van der Waals surface area contributed by atoms with Gasteiger partial charge in [0, 0.05) is 6.20 Å². The maximum absolute atomic E-state index is 12.6. The molecule has 6 nitrogen and oxygen atoms in total. The number of ketones is 1. The monoisotopic (exact) mass is 410 g/mol. The second-order valence-electron chi connectivity index (χ2n) is 6.29. The number of nitrogens with one attached hydrogen (secondary N) is 2. The van der Waals surface area contributed by atoms with E-state index in [4.69, 9.17) is 16.3 Å². The zero-order valence-electron chi connectivity index (χ0n) is 15.4. The molecule has 1 amide bonds. The van der Waals surface area contributed by atoms with E-state index in [1.165, 1.54) is 0 Å². The van der Waals surface area contributed by atoms with Gasteiger partial charge < -0.3 is 15.0 Å². The second kappa shape index (κ2) is 9.71. The van der Waals surface area contributed by atoms with Crippen LogP contribution in [0.3, 0.4) is 0 Å². The third-order valence-electron chi connectivity index (χ3n) is 4.26. The maximum Gasteiger partial charge on any atom is 0.308 e. The minimum Gasteiger partial charge on any atom is -0.457 e. The molecule has 148 valence electrons. The van der Waals surface area contributed by atoms with Crippen LogP contribution in [0.1, 0.15) is 38.9 Å². The highest BCUT2D eigenvalue weighted by Gasteiger charge is 2.22. The summed E-state index contributed by atoms with van der Waals surface area (Å²) in [7, 11) is 0.